The summed E-state index contributed by atoms with van der Waals surface area (Å²) in [6.45, 7) is 5.84. The molecular formula is C26H32N4O3. The lowest BCUT2D eigenvalue weighted by Gasteiger charge is -2.31. The summed E-state index contributed by atoms with van der Waals surface area (Å²) in [6, 6.07) is 9.46. The first-order valence-corrected chi connectivity index (χ1v) is 11.6. The monoisotopic (exact) mass is 448 g/mol. The molecule has 0 spiro atoms. The van der Waals surface area contributed by atoms with Gasteiger partial charge in [-0.05, 0) is 54.5 Å². The van der Waals surface area contributed by atoms with Crippen LogP contribution in [0.5, 0.6) is 5.75 Å². The first kappa shape index (κ1) is 23.0. The number of pyridine rings is 1. The largest absolute Gasteiger partial charge is 0.508 e. The molecule has 4 rings (SSSR count). The van der Waals surface area contributed by atoms with Crippen molar-refractivity contribution in [2.75, 3.05) is 18.6 Å². The van der Waals surface area contributed by atoms with E-state index in [9.17, 15) is 9.90 Å². The Hall–Kier alpha value is -3.19. The molecule has 174 valence electrons. The number of phenols is 1. The lowest BCUT2D eigenvalue weighted by atomic mass is 9.81. The molecule has 0 saturated heterocycles. The molecule has 0 fully saturated rings. The predicted molar refractivity (Wildman–Crippen MR) is 127 cm³/mol. The molecule has 2 heterocycles. The maximum absolute atomic E-state index is 13.9. The van der Waals surface area contributed by atoms with Gasteiger partial charge in [0.25, 0.3) is 0 Å². The van der Waals surface area contributed by atoms with Gasteiger partial charge in [-0.3, -0.25) is 14.5 Å². The molecule has 0 saturated carbocycles. The molecule has 1 unspecified atom stereocenters. The molecule has 1 aromatic carbocycles. The Labute approximate surface area is 195 Å². The molecule has 0 radical (unpaired) electrons. The van der Waals surface area contributed by atoms with Crippen LogP contribution < -0.4 is 4.90 Å². The molecular weight excluding hydrogens is 416 g/mol. The molecule has 1 N–H and O–H groups in total. The third kappa shape index (κ3) is 5.09. The van der Waals surface area contributed by atoms with Crippen molar-refractivity contribution in [2.45, 2.75) is 58.0 Å². The normalized spacial score (nSPS) is 15.5. The van der Waals surface area contributed by atoms with Crippen LogP contribution in [0.1, 0.15) is 60.9 Å². The zero-order valence-electron chi connectivity index (χ0n) is 19.6. The Kier molecular flexibility index (Phi) is 7.08. The van der Waals surface area contributed by atoms with E-state index in [1.807, 2.05) is 35.1 Å². The second-order valence-corrected chi connectivity index (χ2v) is 8.91. The smallest absolute Gasteiger partial charge is 0.234 e. The summed E-state index contributed by atoms with van der Waals surface area (Å²) < 4.78 is 6.97. The molecule has 1 amide bonds. The fourth-order valence-electron chi connectivity index (χ4n) is 4.45. The topological polar surface area (TPSA) is 80.5 Å². The molecule has 7 nitrogen and oxygen atoms in total. The maximum Gasteiger partial charge on any atom is 0.234 e. The number of hydrogen-bond donors (Lipinski definition) is 1. The van der Waals surface area contributed by atoms with E-state index >= 15 is 0 Å². The number of nitrogens with zero attached hydrogens (tertiary/aromatic N) is 4. The van der Waals surface area contributed by atoms with Crippen molar-refractivity contribution in [3.63, 3.8) is 0 Å². The highest BCUT2D eigenvalue weighted by molar-refractivity contribution is 5.98. The molecule has 1 aliphatic carbocycles. The van der Waals surface area contributed by atoms with Crippen molar-refractivity contribution >= 4 is 11.6 Å². The van der Waals surface area contributed by atoms with Crippen LogP contribution in [0.25, 0.3) is 0 Å². The molecule has 0 bridgehead atoms. The Morgan fingerprint density at radius 2 is 2.12 bits per heavy atom. The highest BCUT2D eigenvalue weighted by atomic mass is 16.5. The summed E-state index contributed by atoms with van der Waals surface area (Å²) in [5.74, 6) is 0.314. The number of aromatic hydroxyl groups is 1. The van der Waals surface area contributed by atoms with Crippen LogP contribution in [-0.4, -0.2) is 39.5 Å². The van der Waals surface area contributed by atoms with Crippen LogP contribution in [0, 0.1) is 0 Å². The van der Waals surface area contributed by atoms with Gasteiger partial charge < -0.3 is 14.7 Å². The maximum atomic E-state index is 13.9. The van der Waals surface area contributed by atoms with Gasteiger partial charge >= 0.3 is 0 Å². The van der Waals surface area contributed by atoms with E-state index in [0.717, 1.165) is 47.3 Å². The minimum atomic E-state index is -0.297. The summed E-state index contributed by atoms with van der Waals surface area (Å²) in [7, 11) is 1.67. The quantitative estimate of drug-likeness (QED) is 0.552. The van der Waals surface area contributed by atoms with E-state index in [1.165, 1.54) is 0 Å². The molecule has 0 aliphatic heterocycles. The summed E-state index contributed by atoms with van der Waals surface area (Å²) in [6.07, 6.45) is 7.96. The zero-order valence-corrected chi connectivity index (χ0v) is 19.6. The number of rotatable bonds is 8. The number of carbonyl (C=O) groups is 1. The predicted octanol–water partition coefficient (Wildman–Crippen LogP) is 4.41. The van der Waals surface area contributed by atoms with E-state index in [-0.39, 0.29) is 17.6 Å². The van der Waals surface area contributed by atoms with Gasteiger partial charge in [0.1, 0.15) is 5.75 Å². The Balaban J connectivity index is 1.66. The van der Waals surface area contributed by atoms with E-state index in [0.29, 0.717) is 25.6 Å². The number of phenolic OH excluding ortho intramolecular Hbond substituents is 1. The SMILES string of the molecule is COCCn1cc(CN(C(=O)C2CCCc3c(O)cccc32)c2ccc(C(C)C)nc2)cn1. The average Bonchev–Trinajstić information content (AvgIpc) is 3.28. The molecule has 1 atom stereocenters. The minimum absolute atomic E-state index is 0.0188. The van der Waals surface area contributed by atoms with Crippen LogP contribution in [0.4, 0.5) is 5.69 Å². The van der Waals surface area contributed by atoms with Crippen molar-refractivity contribution < 1.29 is 14.6 Å². The summed E-state index contributed by atoms with van der Waals surface area (Å²) in [5.41, 5.74) is 4.52. The fourth-order valence-corrected chi connectivity index (χ4v) is 4.45. The molecule has 2 aromatic heterocycles. The van der Waals surface area contributed by atoms with Crippen molar-refractivity contribution in [1.82, 2.24) is 14.8 Å². The van der Waals surface area contributed by atoms with Crippen LogP contribution in [0.15, 0.2) is 48.9 Å². The van der Waals surface area contributed by atoms with Gasteiger partial charge in [0.2, 0.25) is 5.91 Å². The van der Waals surface area contributed by atoms with Gasteiger partial charge in [0.05, 0.1) is 43.7 Å². The van der Waals surface area contributed by atoms with Gasteiger partial charge in [-0.15, -0.1) is 0 Å². The van der Waals surface area contributed by atoms with Crippen LogP contribution in [0.2, 0.25) is 0 Å². The second-order valence-electron chi connectivity index (χ2n) is 8.91. The van der Waals surface area contributed by atoms with Gasteiger partial charge in [0, 0.05) is 24.6 Å². The number of aromatic nitrogens is 3. The van der Waals surface area contributed by atoms with Crippen LogP contribution in [0.3, 0.4) is 0 Å². The number of hydrogen-bond acceptors (Lipinski definition) is 5. The number of carbonyl (C=O) groups excluding carboxylic acids is 1. The Morgan fingerprint density at radius 3 is 2.85 bits per heavy atom. The summed E-state index contributed by atoms with van der Waals surface area (Å²) >= 11 is 0. The van der Waals surface area contributed by atoms with E-state index < -0.39 is 0 Å². The Bertz CT molecular complexity index is 1090. The lowest BCUT2D eigenvalue weighted by Crippen LogP contribution is -2.36. The zero-order chi connectivity index (χ0) is 23.4. The summed E-state index contributed by atoms with van der Waals surface area (Å²) in [4.78, 5) is 20.3. The van der Waals surface area contributed by atoms with Crippen LogP contribution in [-0.2, 0) is 29.0 Å². The second kappa shape index (κ2) is 10.2. The summed E-state index contributed by atoms with van der Waals surface area (Å²) in [5, 5.41) is 14.8. The van der Waals surface area contributed by atoms with Crippen molar-refractivity contribution in [3.8, 4) is 5.75 Å². The first-order chi connectivity index (χ1) is 16.0. The first-order valence-electron chi connectivity index (χ1n) is 11.6. The third-order valence-corrected chi connectivity index (χ3v) is 6.27. The number of methoxy groups -OCH3 is 1. The van der Waals surface area contributed by atoms with E-state index in [2.05, 4.69) is 23.9 Å². The lowest BCUT2D eigenvalue weighted by molar-refractivity contribution is -0.120. The van der Waals surface area contributed by atoms with E-state index in [4.69, 9.17) is 4.74 Å². The van der Waals surface area contributed by atoms with E-state index in [1.54, 1.807) is 30.5 Å². The molecule has 33 heavy (non-hydrogen) atoms. The van der Waals surface area contributed by atoms with Gasteiger partial charge in [0.15, 0.2) is 0 Å². The van der Waals surface area contributed by atoms with Gasteiger partial charge in [-0.2, -0.15) is 5.10 Å². The van der Waals surface area contributed by atoms with Gasteiger partial charge in [-0.25, -0.2) is 0 Å². The van der Waals surface area contributed by atoms with Crippen molar-refractivity contribution in [2.24, 2.45) is 0 Å². The minimum Gasteiger partial charge on any atom is -0.508 e. The molecule has 3 aromatic rings. The number of benzene rings is 1. The highest BCUT2D eigenvalue weighted by Crippen LogP contribution is 2.38. The molecule has 1 aliphatic rings. The fraction of sp³-hybridized carbons (Fsp3) is 0.423. The number of amides is 1. The van der Waals surface area contributed by atoms with Crippen LogP contribution >= 0.6 is 0 Å². The number of ether oxygens (including phenoxy) is 1. The van der Waals surface area contributed by atoms with Gasteiger partial charge in [-0.1, -0.05) is 26.0 Å². The standard InChI is InChI=1S/C26H32N4O3/c1-18(2)24-11-10-20(15-27-24)30(17-19-14-28-29(16-19)12-13-33-3)26(32)23-8-4-7-22-21(23)6-5-9-25(22)31/h5-6,9-11,14-16,18,23,31H,4,7-8,12-13,17H2,1-3H3. The number of anilines is 1. The van der Waals surface area contributed by atoms with Crippen molar-refractivity contribution in [3.05, 3.63) is 71.3 Å². The molecule has 7 heteroatoms. The third-order valence-electron chi connectivity index (χ3n) is 6.27. The van der Waals surface area contributed by atoms with Crippen molar-refractivity contribution in [1.29, 1.82) is 0 Å². The average molecular weight is 449 g/mol. The number of fused-ring (bicyclic) bond motifs is 1. The highest BCUT2D eigenvalue weighted by Gasteiger charge is 2.32. The Morgan fingerprint density at radius 1 is 1.27 bits per heavy atom.